The molecule has 0 saturated heterocycles. The highest BCUT2D eigenvalue weighted by Crippen LogP contribution is 2.36. The molecule has 1 aliphatic carbocycles. The number of ketones is 1. The van der Waals surface area contributed by atoms with E-state index in [1.165, 1.54) is 5.57 Å². The highest BCUT2D eigenvalue weighted by Gasteiger charge is 2.31. The van der Waals surface area contributed by atoms with Crippen LogP contribution < -0.4 is 0 Å². The summed E-state index contributed by atoms with van der Waals surface area (Å²) in [4.78, 5) is 11.2. The van der Waals surface area contributed by atoms with Gasteiger partial charge in [-0.05, 0) is 33.1 Å². The van der Waals surface area contributed by atoms with Crippen molar-refractivity contribution in [3.8, 4) is 0 Å². The Morgan fingerprint density at radius 1 is 1.64 bits per heavy atom. The van der Waals surface area contributed by atoms with E-state index in [1.807, 2.05) is 0 Å². The molecule has 0 spiro atoms. The van der Waals surface area contributed by atoms with Crippen LogP contribution in [-0.4, -0.2) is 5.78 Å². The van der Waals surface area contributed by atoms with E-state index < -0.39 is 0 Å². The van der Waals surface area contributed by atoms with E-state index in [0.717, 1.165) is 19.3 Å². The van der Waals surface area contributed by atoms with Gasteiger partial charge in [0, 0.05) is 5.41 Å². The summed E-state index contributed by atoms with van der Waals surface area (Å²) in [5.41, 5.74) is 1.31. The number of hydrogen-bond donors (Lipinski definition) is 0. The number of carbonyl (C=O) groups is 1. The molecule has 0 amide bonds. The molecule has 0 aromatic rings. The zero-order valence-electron chi connectivity index (χ0n) is 7.61. The summed E-state index contributed by atoms with van der Waals surface area (Å²) in [5.74, 6) is 0.338. The Kier molecular flexibility index (Phi) is 2.17. The van der Waals surface area contributed by atoms with Crippen LogP contribution in [0.15, 0.2) is 11.6 Å². The Morgan fingerprint density at radius 2 is 2.27 bits per heavy atom. The predicted octanol–water partition coefficient (Wildman–Crippen LogP) is 2.71. The highest BCUT2D eigenvalue weighted by molar-refractivity contribution is 5.82. The molecule has 11 heavy (non-hydrogen) atoms. The van der Waals surface area contributed by atoms with Crippen LogP contribution in [0.4, 0.5) is 0 Å². The second-order valence-electron chi connectivity index (χ2n) is 3.88. The van der Waals surface area contributed by atoms with Crippen molar-refractivity contribution in [3.05, 3.63) is 11.6 Å². The number of rotatable bonds is 1. The van der Waals surface area contributed by atoms with Gasteiger partial charge < -0.3 is 0 Å². The molecule has 0 heterocycles. The van der Waals surface area contributed by atoms with Crippen LogP contribution in [-0.2, 0) is 4.79 Å². The summed E-state index contributed by atoms with van der Waals surface area (Å²) < 4.78 is 0. The summed E-state index contributed by atoms with van der Waals surface area (Å²) >= 11 is 0. The van der Waals surface area contributed by atoms with Crippen molar-refractivity contribution >= 4 is 5.78 Å². The summed E-state index contributed by atoms with van der Waals surface area (Å²) in [6.07, 6.45) is 5.30. The highest BCUT2D eigenvalue weighted by atomic mass is 16.1. The van der Waals surface area contributed by atoms with Crippen molar-refractivity contribution < 1.29 is 4.79 Å². The van der Waals surface area contributed by atoms with Crippen LogP contribution in [0, 0.1) is 5.41 Å². The van der Waals surface area contributed by atoms with E-state index in [9.17, 15) is 4.79 Å². The summed E-state index contributed by atoms with van der Waals surface area (Å²) in [6.45, 7) is 5.89. The molecule has 0 saturated carbocycles. The van der Waals surface area contributed by atoms with Gasteiger partial charge in [-0.3, -0.25) is 4.79 Å². The normalized spacial score (nSPS) is 31.4. The zero-order valence-corrected chi connectivity index (χ0v) is 7.61. The molecule has 0 N–H and O–H groups in total. The van der Waals surface area contributed by atoms with Gasteiger partial charge in [-0.1, -0.05) is 18.6 Å². The maximum atomic E-state index is 11.2. The number of Topliss-reactive ketones (excluding diaryl/α,β-unsaturated/α-hetero) is 1. The molecule has 1 rings (SSSR count). The van der Waals surface area contributed by atoms with E-state index in [2.05, 4.69) is 19.9 Å². The lowest BCUT2D eigenvalue weighted by Crippen LogP contribution is -2.27. The van der Waals surface area contributed by atoms with Crippen LogP contribution in [0.3, 0.4) is 0 Å². The van der Waals surface area contributed by atoms with Crippen LogP contribution in [0.5, 0.6) is 0 Å². The van der Waals surface area contributed by atoms with Crippen molar-refractivity contribution in [2.24, 2.45) is 5.41 Å². The maximum absolute atomic E-state index is 11.2. The van der Waals surface area contributed by atoms with Gasteiger partial charge in [0.25, 0.3) is 0 Å². The van der Waals surface area contributed by atoms with E-state index in [1.54, 1.807) is 6.92 Å². The molecule has 1 unspecified atom stereocenters. The number of allylic oxidation sites excluding steroid dienone is 2. The van der Waals surface area contributed by atoms with Gasteiger partial charge in [0.15, 0.2) is 0 Å². The average molecular weight is 152 g/mol. The quantitative estimate of drug-likeness (QED) is 0.528. The third kappa shape index (κ3) is 1.70. The fourth-order valence-electron chi connectivity index (χ4n) is 1.71. The van der Waals surface area contributed by atoms with Gasteiger partial charge in [0.05, 0.1) is 0 Å². The molecule has 1 heteroatoms. The Bertz CT molecular complexity index is 203. The molecule has 1 nitrogen and oxygen atoms in total. The fraction of sp³-hybridized carbons (Fsp3) is 0.700. The minimum atomic E-state index is -0.0567. The first kappa shape index (κ1) is 8.51. The molecular weight excluding hydrogens is 136 g/mol. The average Bonchev–Trinajstić information content (AvgIpc) is 1.86. The molecule has 0 aromatic carbocycles. The van der Waals surface area contributed by atoms with Crippen LogP contribution >= 0.6 is 0 Å². The lowest BCUT2D eigenvalue weighted by Gasteiger charge is -2.30. The van der Waals surface area contributed by atoms with Crippen molar-refractivity contribution in [1.29, 1.82) is 0 Å². The monoisotopic (exact) mass is 152 g/mol. The molecule has 1 aliphatic rings. The second-order valence-corrected chi connectivity index (χ2v) is 3.88. The van der Waals surface area contributed by atoms with Gasteiger partial charge in [0.1, 0.15) is 5.78 Å². The molecule has 62 valence electrons. The summed E-state index contributed by atoms with van der Waals surface area (Å²) in [6, 6.07) is 0. The van der Waals surface area contributed by atoms with E-state index in [4.69, 9.17) is 0 Å². The minimum Gasteiger partial charge on any atom is -0.299 e. The standard InChI is InChI=1S/C10H16O/c1-8-5-4-6-10(3,7-8)9(2)11/h5H,4,6-7H2,1-3H3. The molecule has 0 bridgehead atoms. The van der Waals surface area contributed by atoms with Crippen molar-refractivity contribution in [2.75, 3.05) is 0 Å². The Morgan fingerprint density at radius 3 is 2.64 bits per heavy atom. The Balaban J connectivity index is 2.76. The van der Waals surface area contributed by atoms with Gasteiger partial charge in [-0.2, -0.15) is 0 Å². The molecule has 0 fully saturated rings. The predicted molar refractivity (Wildman–Crippen MR) is 46.4 cm³/mol. The van der Waals surface area contributed by atoms with Crippen LogP contribution in [0.1, 0.15) is 40.0 Å². The van der Waals surface area contributed by atoms with Gasteiger partial charge in [-0.25, -0.2) is 0 Å². The Labute approximate surface area is 68.5 Å². The third-order valence-electron chi connectivity index (χ3n) is 2.71. The van der Waals surface area contributed by atoms with E-state index >= 15 is 0 Å². The van der Waals surface area contributed by atoms with Gasteiger partial charge in [-0.15, -0.1) is 0 Å². The lowest BCUT2D eigenvalue weighted by atomic mass is 9.73. The fourth-order valence-corrected chi connectivity index (χ4v) is 1.71. The van der Waals surface area contributed by atoms with E-state index in [-0.39, 0.29) is 5.41 Å². The molecule has 0 radical (unpaired) electrons. The minimum absolute atomic E-state index is 0.0567. The largest absolute Gasteiger partial charge is 0.299 e. The van der Waals surface area contributed by atoms with Gasteiger partial charge in [0.2, 0.25) is 0 Å². The summed E-state index contributed by atoms with van der Waals surface area (Å²) in [5, 5.41) is 0. The van der Waals surface area contributed by atoms with Crippen molar-refractivity contribution in [3.63, 3.8) is 0 Å². The topological polar surface area (TPSA) is 17.1 Å². The molecule has 0 aromatic heterocycles. The number of carbonyl (C=O) groups excluding carboxylic acids is 1. The van der Waals surface area contributed by atoms with Crippen molar-refractivity contribution in [2.45, 2.75) is 40.0 Å². The van der Waals surface area contributed by atoms with Gasteiger partial charge >= 0.3 is 0 Å². The second kappa shape index (κ2) is 2.80. The first-order valence-corrected chi connectivity index (χ1v) is 4.21. The SMILES string of the molecule is CC(=O)C1(C)CCC=C(C)C1. The third-order valence-corrected chi connectivity index (χ3v) is 2.71. The lowest BCUT2D eigenvalue weighted by molar-refractivity contribution is -0.126. The zero-order chi connectivity index (χ0) is 8.48. The van der Waals surface area contributed by atoms with E-state index in [0.29, 0.717) is 5.78 Å². The first-order valence-electron chi connectivity index (χ1n) is 4.21. The first-order chi connectivity index (χ1) is 5.04. The van der Waals surface area contributed by atoms with Crippen LogP contribution in [0.25, 0.3) is 0 Å². The molecular formula is C10H16O. The molecule has 0 aliphatic heterocycles. The molecule has 1 atom stereocenters. The summed E-state index contributed by atoms with van der Waals surface area (Å²) in [7, 11) is 0. The Hall–Kier alpha value is -0.590. The van der Waals surface area contributed by atoms with Crippen molar-refractivity contribution in [1.82, 2.24) is 0 Å². The number of hydrogen-bond acceptors (Lipinski definition) is 1. The van der Waals surface area contributed by atoms with Crippen LogP contribution in [0.2, 0.25) is 0 Å². The smallest absolute Gasteiger partial charge is 0.136 e. The maximum Gasteiger partial charge on any atom is 0.136 e.